The molecule has 0 radical (unpaired) electrons. The second kappa shape index (κ2) is 13.2. The number of para-hydroxylation sites is 1. The molecule has 0 fully saturated rings. The quantitative estimate of drug-likeness (QED) is 0.508. The highest BCUT2D eigenvalue weighted by Crippen LogP contribution is 2.25. The zero-order chi connectivity index (χ0) is 28.6. The predicted octanol–water partition coefficient (Wildman–Crippen LogP) is 3.14. The van der Waals surface area contributed by atoms with Crippen molar-refractivity contribution in [2.24, 2.45) is 5.92 Å². The van der Waals surface area contributed by atoms with Gasteiger partial charge >= 0.3 is 0 Å². The summed E-state index contributed by atoms with van der Waals surface area (Å²) >= 11 is 0. The van der Waals surface area contributed by atoms with Crippen LogP contribution in [0.1, 0.15) is 51.0 Å². The number of nitrogens with zero attached hydrogens (tertiary/aromatic N) is 4. The number of carbonyl (C=O) groups excluding carboxylic acids is 3. The minimum atomic E-state index is -0.718. The summed E-state index contributed by atoms with van der Waals surface area (Å²) in [5.74, 6) is 1.23. The molecule has 0 saturated heterocycles. The smallest absolute Gasteiger partial charge is 0.242 e. The van der Waals surface area contributed by atoms with Crippen molar-refractivity contribution < 1.29 is 19.1 Å². The first-order valence-corrected chi connectivity index (χ1v) is 13.8. The molecule has 0 aliphatic carbocycles. The Balaban J connectivity index is 1.68. The largest absolute Gasteiger partial charge is 0.496 e. The van der Waals surface area contributed by atoms with Gasteiger partial charge in [0, 0.05) is 30.6 Å². The summed E-state index contributed by atoms with van der Waals surface area (Å²) in [6, 6.07) is 16.0. The monoisotopic (exact) mass is 546 g/mol. The lowest BCUT2D eigenvalue weighted by Gasteiger charge is -2.27. The van der Waals surface area contributed by atoms with Gasteiger partial charge in [0.05, 0.1) is 26.1 Å². The average molecular weight is 547 g/mol. The van der Waals surface area contributed by atoms with Gasteiger partial charge in [-0.15, -0.1) is 0 Å². The molecule has 3 amide bonds. The van der Waals surface area contributed by atoms with Gasteiger partial charge in [0.15, 0.2) is 11.6 Å². The molecule has 2 atom stereocenters. The number of ether oxygens (including phenoxy) is 1. The molecule has 212 valence electrons. The van der Waals surface area contributed by atoms with Crippen molar-refractivity contribution >= 4 is 17.7 Å². The van der Waals surface area contributed by atoms with E-state index in [1.165, 1.54) is 0 Å². The van der Waals surface area contributed by atoms with E-state index in [-0.39, 0.29) is 36.5 Å². The van der Waals surface area contributed by atoms with E-state index in [1.54, 1.807) is 23.6 Å². The van der Waals surface area contributed by atoms with Crippen LogP contribution in [0, 0.1) is 5.92 Å². The number of benzene rings is 2. The van der Waals surface area contributed by atoms with Crippen molar-refractivity contribution in [2.75, 3.05) is 20.2 Å². The average Bonchev–Trinajstić information content (AvgIpc) is 3.37. The predicted molar refractivity (Wildman–Crippen MR) is 151 cm³/mol. The summed E-state index contributed by atoms with van der Waals surface area (Å²) in [6.45, 7) is 6.82. The van der Waals surface area contributed by atoms with Gasteiger partial charge in [-0.1, -0.05) is 62.4 Å². The van der Waals surface area contributed by atoms with E-state index in [9.17, 15) is 14.4 Å². The number of hydrogen-bond acceptors (Lipinski definition) is 6. The Morgan fingerprint density at radius 3 is 2.48 bits per heavy atom. The summed E-state index contributed by atoms with van der Waals surface area (Å²) in [4.78, 5) is 45.8. The van der Waals surface area contributed by atoms with E-state index in [0.717, 1.165) is 11.1 Å². The highest BCUT2D eigenvalue weighted by atomic mass is 16.5. The lowest BCUT2D eigenvalue weighted by atomic mass is 10.0. The standard InChI is InChI=1S/C30H38N6O4/c1-20(2)27-29-33-28(22-11-6-5-7-12-22)34-36(29)18-17-35(16-10-15-25(37)31-21(3)30(39)32-27)26(38)19-23-13-8-9-14-24(23)40-4/h5-9,11-14,20-21,27H,10,15-19H2,1-4H3,(H,31,37)(H,32,39)/t21-,27+/m1/s1. The molecule has 2 aromatic carbocycles. The van der Waals surface area contributed by atoms with Crippen molar-refractivity contribution in [3.05, 3.63) is 66.0 Å². The number of fused-ring (bicyclic) bond motifs is 1. The van der Waals surface area contributed by atoms with Gasteiger partial charge in [0.1, 0.15) is 11.8 Å². The maximum absolute atomic E-state index is 13.5. The fraction of sp³-hybridized carbons (Fsp3) is 0.433. The Labute approximate surface area is 235 Å². The Bertz CT molecular complexity index is 1320. The summed E-state index contributed by atoms with van der Waals surface area (Å²) in [5, 5.41) is 10.7. The second-order valence-corrected chi connectivity index (χ2v) is 10.4. The number of rotatable bonds is 5. The first kappa shape index (κ1) is 28.8. The van der Waals surface area contributed by atoms with Gasteiger partial charge in [0.2, 0.25) is 17.7 Å². The van der Waals surface area contributed by atoms with Gasteiger partial charge in [0.25, 0.3) is 0 Å². The molecule has 40 heavy (non-hydrogen) atoms. The van der Waals surface area contributed by atoms with Crippen LogP contribution in [0.4, 0.5) is 0 Å². The molecule has 1 aliphatic heterocycles. The van der Waals surface area contributed by atoms with Crippen molar-refractivity contribution in [3.8, 4) is 17.1 Å². The first-order chi connectivity index (χ1) is 19.3. The maximum Gasteiger partial charge on any atom is 0.242 e. The molecular formula is C30H38N6O4. The van der Waals surface area contributed by atoms with Crippen LogP contribution < -0.4 is 15.4 Å². The Morgan fingerprint density at radius 2 is 1.75 bits per heavy atom. The van der Waals surface area contributed by atoms with E-state index in [4.69, 9.17) is 14.8 Å². The van der Waals surface area contributed by atoms with Gasteiger partial charge in [-0.3, -0.25) is 14.4 Å². The molecule has 10 nitrogen and oxygen atoms in total. The Hall–Kier alpha value is -4.21. The van der Waals surface area contributed by atoms with Crippen LogP contribution in [0.15, 0.2) is 54.6 Å². The third kappa shape index (κ3) is 7.05. The van der Waals surface area contributed by atoms with Crippen molar-refractivity contribution in [1.29, 1.82) is 0 Å². The normalized spacial score (nSPS) is 18.9. The van der Waals surface area contributed by atoms with Gasteiger partial charge in [-0.25, -0.2) is 9.67 Å². The van der Waals surface area contributed by atoms with Crippen LogP contribution in [0.3, 0.4) is 0 Å². The fourth-order valence-corrected chi connectivity index (χ4v) is 4.78. The summed E-state index contributed by atoms with van der Waals surface area (Å²) in [5.41, 5.74) is 1.66. The van der Waals surface area contributed by atoms with Crippen LogP contribution >= 0.6 is 0 Å². The molecule has 2 heterocycles. The van der Waals surface area contributed by atoms with E-state index < -0.39 is 12.1 Å². The Morgan fingerprint density at radius 1 is 1.02 bits per heavy atom. The fourth-order valence-electron chi connectivity index (χ4n) is 4.78. The molecule has 0 spiro atoms. The maximum atomic E-state index is 13.5. The van der Waals surface area contributed by atoms with Crippen LogP contribution in [-0.4, -0.2) is 63.6 Å². The third-order valence-electron chi connectivity index (χ3n) is 7.05. The van der Waals surface area contributed by atoms with Crippen molar-refractivity contribution in [2.45, 2.75) is 58.7 Å². The first-order valence-electron chi connectivity index (χ1n) is 13.8. The molecule has 2 N–H and O–H groups in total. The lowest BCUT2D eigenvalue weighted by molar-refractivity contribution is -0.131. The number of methoxy groups -OCH3 is 1. The Kier molecular flexibility index (Phi) is 9.52. The van der Waals surface area contributed by atoms with Gasteiger partial charge < -0.3 is 20.3 Å². The van der Waals surface area contributed by atoms with Crippen LogP contribution in [-0.2, 0) is 27.3 Å². The minimum absolute atomic E-state index is 0.00499. The molecule has 10 heteroatoms. The molecule has 0 unspecified atom stereocenters. The summed E-state index contributed by atoms with van der Waals surface area (Å²) in [7, 11) is 1.59. The van der Waals surface area contributed by atoms with Crippen LogP contribution in [0.2, 0.25) is 0 Å². The topological polar surface area (TPSA) is 118 Å². The number of hydrogen-bond donors (Lipinski definition) is 2. The zero-order valence-electron chi connectivity index (χ0n) is 23.6. The molecule has 1 aliphatic rings. The van der Waals surface area contributed by atoms with Gasteiger partial charge in [-0.2, -0.15) is 5.10 Å². The molecule has 0 saturated carbocycles. The third-order valence-corrected chi connectivity index (χ3v) is 7.05. The van der Waals surface area contributed by atoms with Gasteiger partial charge in [-0.05, 0) is 25.3 Å². The summed E-state index contributed by atoms with van der Waals surface area (Å²) in [6.07, 6.45) is 0.847. The van der Waals surface area contributed by atoms with E-state index >= 15 is 0 Å². The highest BCUT2D eigenvalue weighted by molar-refractivity contribution is 5.87. The highest BCUT2D eigenvalue weighted by Gasteiger charge is 2.29. The number of amides is 3. The summed E-state index contributed by atoms with van der Waals surface area (Å²) < 4.78 is 7.25. The number of carbonyl (C=O) groups is 3. The molecular weight excluding hydrogens is 508 g/mol. The lowest BCUT2D eigenvalue weighted by Crippen LogP contribution is -2.47. The number of nitrogens with one attached hydrogen (secondary N) is 2. The zero-order valence-corrected chi connectivity index (χ0v) is 23.6. The number of aromatic nitrogens is 3. The molecule has 3 aromatic rings. The molecule has 4 rings (SSSR count). The van der Waals surface area contributed by atoms with Crippen LogP contribution in [0.5, 0.6) is 5.75 Å². The minimum Gasteiger partial charge on any atom is -0.496 e. The van der Waals surface area contributed by atoms with Crippen molar-refractivity contribution in [1.82, 2.24) is 30.3 Å². The van der Waals surface area contributed by atoms with Crippen LogP contribution in [0.25, 0.3) is 11.4 Å². The van der Waals surface area contributed by atoms with E-state index in [1.807, 2.05) is 68.4 Å². The molecule has 0 bridgehead atoms. The SMILES string of the molecule is COc1ccccc1CC(=O)N1CCCC(=O)N[C@H](C)C(=O)N[C@@H](C(C)C)c2nc(-c3ccccc3)nn2CC1. The van der Waals surface area contributed by atoms with E-state index in [0.29, 0.717) is 43.5 Å². The van der Waals surface area contributed by atoms with E-state index in [2.05, 4.69) is 10.6 Å². The second-order valence-electron chi connectivity index (χ2n) is 10.4. The molecule has 1 aromatic heterocycles. The van der Waals surface area contributed by atoms with Crippen molar-refractivity contribution in [3.63, 3.8) is 0 Å².